The minimum Gasteiger partial charge on any atom is -0.392 e. The predicted molar refractivity (Wildman–Crippen MR) is 50.1 cm³/mol. The number of hydrogen-bond acceptors (Lipinski definition) is 1. The van der Waals surface area contributed by atoms with Crippen LogP contribution in [0.15, 0.2) is 0 Å². The number of unbranched alkanes of at least 4 members (excludes halogenated alkanes) is 3. The molecule has 0 saturated heterocycles. The lowest BCUT2D eigenvalue weighted by molar-refractivity contribution is 0.160. The van der Waals surface area contributed by atoms with Crippen molar-refractivity contribution in [3.63, 3.8) is 0 Å². The largest absolute Gasteiger partial charge is 0.392 e. The highest BCUT2D eigenvalue weighted by molar-refractivity contribution is 6.20. The molecule has 0 aliphatic rings. The highest BCUT2D eigenvalue weighted by Crippen LogP contribution is 2.11. The number of aliphatic hydroxyl groups is 1. The first-order chi connectivity index (χ1) is 5.18. The van der Waals surface area contributed by atoms with Gasteiger partial charge in [-0.05, 0) is 13.3 Å². The van der Waals surface area contributed by atoms with Gasteiger partial charge in [0, 0.05) is 0 Å². The molecule has 0 aromatic carbocycles. The summed E-state index contributed by atoms with van der Waals surface area (Å²) in [6.45, 7) is 4.02. The summed E-state index contributed by atoms with van der Waals surface area (Å²) in [4.78, 5) is 0. The van der Waals surface area contributed by atoms with E-state index in [4.69, 9.17) is 11.6 Å². The Bertz CT molecular complexity index is 83.6. The van der Waals surface area contributed by atoms with Crippen molar-refractivity contribution in [2.75, 3.05) is 0 Å². The van der Waals surface area contributed by atoms with E-state index in [2.05, 4.69) is 6.92 Å². The molecule has 0 radical (unpaired) electrons. The van der Waals surface area contributed by atoms with Crippen molar-refractivity contribution in [2.45, 2.75) is 57.4 Å². The van der Waals surface area contributed by atoms with Crippen molar-refractivity contribution in [1.82, 2.24) is 0 Å². The average molecular weight is 179 g/mol. The van der Waals surface area contributed by atoms with Gasteiger partial charge in [0.1, 0.15) is 0 Å². The minimum atomic E-state index is -0.312. The number of alkyl halides is 1. The Morgan fingerprint density at radius 1 is 1.27 bits per heavy atom. The second kappa shape index (κ2) is 6.93. The molecule has 2 heteroatoms. The molecule has 0 saturated carbocycles. The van der Waals surface area contributed by atoms with Gasteiger partial charge in [-0.3, -0.25) is 0 Å². The predicted octanol–water partition coefficient (Wildman–Crippen LogP) is 2.95. The molecule has 0 aliphatic carbocycles. The number of halogens is 1. The summed E-state index contributed by atoms with van der Waals surface area (Å²) in [5, 5.41) is 9.19. The quantitative estimate of drug-likeness (QED) is 0.490. The molecule has 68 valence electrons. The number of rotatable bonds is 6. The molecule has 0 aliphatic heterocycles. The lowest BCUT2D eigenvalue weighted by Gasteiger charge is -2.11. The van der Waals surface area contributed by atoms with Crippen molar-refractivity contribution in [1.29, 1.82) is 0 Å². The molecule has 2 atom stereocenters. The van der Waals surface area contributed by atoms with Crippen molar-refractivity contribution >= 4 is 11.6 Å². The highest BCUT2D eigenvalue weighted by Gasteiger charge is 2.09. The lowest BCUT2D eigenvalue weighted by atomic mass is 10.1. The Hall–Kier alpha value is 0.250. The van der Waals surface area contributed by atoms with Crippen LogP contribution in [0.5, 0.6) is 0 Å². The van der Waals surface area contributed by atoms with E-state index in [-0.39, 0.29) is 11.5 Å². The summed E-state index contributed by atoms with van der Waals surface area (Å²) in [5.74, 6) is 0. The summed E-state index contributed by atoms with van der Waals surface area (Å²) < 4.78 is 0. The van der Waals surface area contributed by atoms with Crippen LogP contribution in [-0.4, -0.2) is 16.6 Å². The average Bonchev–Trinajstić information content (AvgIpc) is 1.97. The van der Waals surface area contributed by atoms with Gasteiger partial charge in [-0.25, -0.2) is 0 Å². The van der Waals surface area contributed by atoms with Gasteiger partial charge in [0.25, 0.3) is 0 Å². The zero-order valence-corrected chi connectivity index (χ0v) is 8.27. The highest BCUT2D eigenvalue weighted by atomic mass is 35.5. The van der Waals surface area contributed by atoms with E-state index in [1.165, 1.54) is 19.3 Å². The minimum absolute atomic E-state index is 0.100. The third-order valence-electron chi connectivity index (χ3n) is 1.88. The molecular weight excluding hydrogens is 160 g/mol. The summed E-state index contributed by atoms with van der Waals surface area (Å²) in [6.07, 6.45) is 5.37. The molecule has 11 heavy (non-hydrogen) atoms. The van der Waals surface area contributed by atoms with Crippen molar-refractivity contribution in [2.24, 2.45) is 0 Å². The van der Waals surface area contributed by atoms with Gasteiger partial charge in [-0.2, -0.15) is 0 Å². The number of aliphatic hydroxyl groups excluding tert-OH is 1. The lowest BCUT2D eigenvalue weighted by Crippen LogP contribution is -2.16. The zero-order valence-electron chi connectivity index (χ0n) is 7.52. The monoisotopic (exact) mass is 178 g/mol. The van der Waals surface area contributed by atoms with Gasteiger partial charge < -0.3 is 5.11 Å². The second-order valence-corrected chi connectivity index (χ2v) is 3.78. The van der Waals surface area contributed by atoms with Gasteiger partial charge in [0.15, 0.2) is 0 Å². The summed E-state index contributed by atoms with van der Waals surface area (Å²) in [7, 11) is 0. The summed E-state index contributed by atoms with van der Waals surface area (Å²) in [6, 6.07) is 0. The van der Waals surface area contributed by atoms with E-state index >= 15 is 0 Å². The van der Waals surface area contributed by atoms with Crippen molar-refractivity contribution in [3.05, 3.63) is 0 Å². The zero-order chi connectivity index (χ0) is 8.69. The molecule has 0 aromatic heterocycles. The first-order valence-electron chi connectivity index (χ1n) is 4.50. The molecule has 0 bridgehead atoms. The van der Waals surface area contributed by atoms with E-state index < -0.39 is 0 Å². The maximum Gasteiger partial charge on any atom is 0.0701 e. The van der Waals surface area contributed by atoms with Crippen LogP contribution < -0.4 is 0 Å². The molecule has 0 spiro atoms. The second-order valence-electron chi connectivity index (χ2n) is 3.09. The normalized spacial score (nSPS) is 16.4. The SMILES string of the molecule is CCCCCCC(O)C(C)Cl. The van der Waals surface area contributed by atoms with Gasteiger partial charge in [-0.15, -0.1) is 11.6 Å². The molecule has 1 N–H and O–H groups in total. The van der Waals surface area contributed by atoms with Crippen molar-refractivity contribution < 1.29 is 5.11 Å². The van der Waals surface area contributed by atoms with E-state index in [1.807, 2.05) is 6.92 Å². The third kappa shape index (κ3) is 6.64. The van der Waals surface area contributed by atoms with Crippen LogP contribution in [0.4, 0.5) is 0 Å². The molecule has 1 nitrogen and oxygen atoms in total. The summed E-state index contributed by atoms with van der Waals surface area (Å²) in [5.41, 5.74) is 0. The van der Waals surface area contributed by atoms with Gasteiger partial charge in [0.2, 0.25) is 0 Å². The Balaban J connectivity index is 3.10. The van der Waals surface area contributed by atoms with Gasteiger partial charge >= 0.3 is 0 Å². The standard InChI is InChI=1S/C9H19ClO/c1-3-4-5-6-7-9(11)8(2)10/h8-9,11H,3-7H2,1-2H3. The van der Waals surface area contributed by atoms with Crippen LogP contribution in [-0.2, 0) is 0 Å². The van der Waals surface area contributed by atoms with E-state index in [9.17, 15) is 5.11 Å². The number of hydrogen-bond donors (Lipinski definition) is 1. The molecule has 0 heterocycles. The van der Waals surface area contributed by atoms with E-state index in [0.717, 1.165) is 12.8 Å². The Labute approximate surface area is 74.8 Å². The van der Waals surface area contributed by atoms with Crippen LogP contribution in [0.25, 0.3) is 0 Å². The Kier molecular flexibility index (Phi) is 7.09. The van der Waals surface area contributed by atoms with Crippen molar-refractivity contribution in [3.8, 4) is 0 Å². The third-order valence-corrected chi connectivity index (χ3v) is 2.17. The smallest absolute Gasteiger partial charge is 0.0701 e. The van der Waals surface area contributed by atoms with Crippen LogP contribution in [0, 0.1) is 0 Å². The maximum absolute atomic E-state index is 9.29. The molecular formula is C9H19ClO. The van der Waals surface area contributed by atoms with Crippen LogP contribution in [0.2, 0.25) is 0 Å². The van der Waals surface area contributed by atoms with Crippen LogP contribution in [0.3, 0.4) is 0 Å². The molecule has 2 unspecified atom stereocenters. The summed E-state index contributed by atoms with van der Waals surface area (Å²) >= 11 is 5.69. The first kappa shape index (κ1) is 11.2. The molecule has 0 aromatic rings. The Morgan fingerprint density at radius 2 is 1.91 bits per heavy atom. The fraction of sp³-hybridized carbons (Fsp3) is 1.00. The fourth-order valence-corrected chi connectivity index (χ4v) is 1.14. The maximum atomic E-state index is 9.29. The van der Waals surface area contributed by atoms with Gasteiger partial charge in [-0.1, -0.05) is 32.6 Å². The van der Waals surface area contributed by atoms with E-state index in [0.29, 0.717) is 0 Å². The Morgan fingerprint density at radius 3 is 2.36 bits per heavy atom. The van der Waals surface area contributed by atoms with Crippen LogP contribution >= 0.6 is 11.6 Å². The van der Waals surface area contributed by atoms with Gasteiger partial charge in [0.05, 0.1) is 11.5 Å². The topological polar surface area (TPSA) is 20.2 Å². The van der Waals surface area contributed by atoms with Crippen LogP contribution in [0.1, 0.15) is 46.0 Å². The fourth-order valence-electron chi connectivity index (χ4n) is 1.01. The molecule has 0 amide bonds. The first-order valence-corrected chi connectivity index (χ1v) is 4.94. The molecule has 0 fully saturated rings. The molecule has 0 rings (SSSR count). The van der Waals surface area contributed by atoms with E-state index in [1.54, 1.807) is 0 Å².